The fraction of sp³-hybridized carbons (Fsp3) is 0.550. The van der Waals surface area contributed by atoms with Crippen LogP contribution in [0.1, 0.15) is 32.3 Å². The minimum Gasteiger partial charge on any atom is -0.373 e. The second-order valence-electron chi connectivity index (χ2n) is 7.04. The molecule has 0 aliphatic carbocycles. The van der Waals surface area contributed by atoms with Crippen molar-refractivity contribution < 1.29 is 4.74 Å². The zero-order valence-corrected chi connectivity index (χ0v) is 15.4. The fourth-order valence-corrected chi connectivity index (χ4v) is 3.48. The molecular formula is C20H30N4O. The van der Waals surface area contributed by atoms with Crippen LogP contribution in [0.4, 0.5) is 0 Å². The van der Waals surface area contributed by atoms with Gasteiger partial charge in [0, 0.05) is 37.7 Å². The maximum absolute atomic E-state index is 5.78. The maximum atomic E-state index is 5.78. The summed E-state index contributed by atoms with van der Waals surface area (Å²) in [5, 5.41) is 3.55. The number of hydrogen-bond acceptors (Lipinski definition) is 4. The third-order valence-corrected chi connectivity index (χ3v) is 4.64. The van der Waals surface area contributed by atoms with Gasteiger partial charge in [0.2, 0.25) is 0 Å². The first-order valence-corrected chi connectivity index (χ1v) is 9.36. The van der Waals surface area contributed by atoms with E-state index in [-0.39, 0.29) is 0 Å². The van der Waals surface area contributed by atoms with Crippen LogP contribution in [0.2, 0.25) is 0 Å². The second kappa shape index (κ2) is 9.13. The summed E-state index contributed by atoms with van der Waals surface area (Å²) < 4.78 is 7.80. The number of nitrogens with one attached hydrogen (secondary N) is 1. The van der Waals surface area contributed by atoms with E-state index in [1.165, 1.54) is 24.9 Å². The van der Waals surface area contributed by atoms with Crippen molar-refractivity contribution in [3.05, 3.63) is 48.5 Å². The largest absolute Gasteiger partial charge is 0.373 e. The van der Waals surface area contributed by atoms with Crippen molar-refractivity contribution in [3.8, 4) is 5.69 Å². The Labute approximate surface area is 151 Å². The molecule has 5 heteroatoms. The molecule has 25 heavy (non-hydrogen) atoms. The lowest BCUT2D eigenvalue weighted by Crippen LogP contribution is -2.45. The quantitative estimate of drug-likeness (QED) is 0.749. The summed E-state index contributed by atoms with van der Waals surface area (Å²) in [5.74, 6) is 0. The summed E-state index contributed by atoms with van der Waals surface area (Å²) in [7, 11) is 0. The predicted molar refractivity (Wildman–Crippen MR) is 101 cm³/mol. The van der Waals surface area contributed by atoms with E-state index >= 15 is 0 Å². The zero-order valence-electron chi connectivity index (χ0n) is 15.4. The Morgan fingerprint density at radius 2 is 1.88 bits per heavy atom. The van der Waals surface area contributed by atoms with E-state index in [1.54, 1.807) is 6.20 Å². The zero-order chi connectivity index (χ0) is 17.5. The summed E-state index contributed by atoms with van der Waals surface area (Å²) in [6, 6.07) is 8.64. The molecule has 3 rings (SSSR count). The third-order valence-electron chi connectivity index (χ3n) is 4.64. The Morgan fingerprint density at radius 1 is 1.12 bits per heavy atom. The molecule has 2 aromatic rings. The van der Waals surface area contributed by atoms with Gasteiger partial charge in [0.1, 0.15) is 0 Å². The van der Waals surface area contributed by atoms with Gasteiger partial charge in [-0.1, -0.05) is 12.1 Å². The first-order valence-electron chi connectivity index (χ1n) is 9.36. The van der Waals surface area contributed by atoms with Gasteiger partial charge in [-0.15, -0.1) is 0 Å². The molecule has 1 saturated heterocycles. The smallest absolute Gasteiger partial charge is 0.0991 e. The monoisotopic (exact) mass is 342 g/mol. The number of aromatic nitrogens is 2. The number of unbranched alkanes of at least 4 members (excludes halogenated alkanes) is 1. The van der Waals surface area contributed by atoms with Gasteiger partial charge in [0.15, 0.2) is 0 Å². The molecule has 2 atom stereocenters. The highest BCUT2D eigenvalue weighted by Crippen LogP contribution is 2.11. The molecule has 0 radical (unpaired) electrons. The van der Waals surface area contributed by atoms with E-state index in [0.717, 1.165) is 31.9 Å². The molecule has 0 bridgehead atoms. The molecule has 136 valence electrons. The summed E-state index contributed by atoms with van der Waals surface area (Å²) >= 11 is 0. The van der Waals surface area contributed by atoms with E-state index in [9.17, 15) is 0 Å². The van der Waals surface area contributed by atoms with Crippen LogP contribution in [0.5, 0.6) is 0 Å². The summed E-state index contributed by atoms with van der Waals surface area (Å²) in [4.78, 5) is 6.62. The number of benzene rings is 1. The van der Waals surface area contributed by atoms with Gasteiger partial charge in [0.25, 0.3) is 0 Å². The van der Waals surface area contributed by atoms with Crippen LogP contribution in [0, 0.1) is 0 Å². The molecular weight excluding hydrogens is 312 g/mol. The maximum Gasteiger partial charge on any atom is 0.0991 e. The van der Waals surface area contributed by atoms with Crippen LogP contribution in [-0.2, 0) is 11.3 Å². The molecule has 1 aliphatic heterocycles. The van der Waals surface area contributed by atoms with Crippen molar-refractivity contribution in [2.24, 2.45) is 0 Å². The van der Waals surface area contributed by atoms with Crippen molar-refractivity contribution in [2.45, 2.75) is 45.4 Å². The van der Waals surface area contributed by atoms with Crippen molar-refractivity contribution in [2.75, 3.05) is 26.2 Å². The molecule has 1 aromatic carbocycles. The predicted octanol–water partition coefficient (Wildman–Crippen LogP) is 2.85. The Morgan fingerprint density at radius 3 is 2.56 bits per heavy atom. The van der Waals surface area contributed by atoms with Crippen LogP contribution in [0.15, 0.2) is 43.0 Å². The van der Waals surface area contributed by atoms with Crippen LogP contribution >= 0.6 is 0 Å². The number of nitrogens with zero attached hydrogens (tertiary/aromatic N) is 3. The van der Waals surface area contributed by atoms with Crippen LogP contribution in [0.3, 0.4) is 0 Å². The highest BCUT2D eigenvalue weighted by molar-refractivity contribution is 5.34. The van der Waals surface area contributed by atoms with Crippen molar-refractivity contribution >= 4 is 0 Å². The fourth-order valence-electron chi connectivity index (χ4n) is 3.48. The first kappa shape index (κ1) is 18.1. The summed E-state index contributed by atoms with van der Waals surface area (Å²) in [5.41, 5.74) is 2.47. The van der Waals surface area contributed by atoms with Crippen LogP contribution in [0.25, 0.3) is 5.69 Å². The van der Waals surface area contributed by atoms with Crippen LogP contribution < -0.4 is 5.32 Å². The molecule has 0 amide bonds. The Balaban J connectivity index is 1.30. The van der Waals surface area contributed by atoms with E-state index in [0.29, 0.717) is 12.2 Å². The van der Waals surface area contributed by atoms with E-state index in [2.05, 4.69) is 53.3 Å². The van der Waals surface area contributed by atoms with Crippen molar-refractivity contribution in [1.82, 2.24) is 19.8 Å². The summed E-state index contributed by atoms with van der Waals surface area (Å²) in [6.07, 6.45) is 8.78. The summed E-state index contributed by atoms with van der Waals surface area (Å²) in [6.45, 7) is 9.65. The SMILES string of the molecule is CC1CN(CCCCNCc2ccc(-n3ccnc3)cc2)CC(C)O1. The number of hydrogen-bond donors (Lipinski definition) is 1. The molecule has 0 spiro atoms. The molecule has 0 saturated carbocycles. The number of morpholine rings is 1. The average molecular weight is 342 g/mol. The highest BCUT2D eigenvalue weighted by atomic mass is 16.5. The Bertz CT molecular complexity index is 601. The minimum atomic E-state index is 0.368. The molecule has 1 aromatic heterocycles. The standard InChI is InChI=1S/C20H30N4O/c1-17-14-23(15-18(2)25-17)11-4-3-9-21-13-19-5-7-20(8-6-19)24-12-10-22-16-24/h5-8,10,12,16-18,21H,3-4,9,11,13-15H2,1-2H3. The minimum absolute atomic E-state index is 0.368. The number of imidazole rings is 1. The lowest BCUT2D eigenvalue weighted by Gasteiger charge is -2.35. The number of rotatable bonds is 8. The van der Waals surface area contributed by atoms with Gasteiger partial charge in [-0.3, -0.25) is 4.90 Å². The Kier molecular flexibility index (Phi) is 6.62. The van der Waals surface area contributed by atoms with Gasteiger partial charge in [-0.2, -0.15) is 0 Å². The van der Waals surface area contributed by atoms with Gasteiger partial charge >= 0.3 is 0 Å². The van der Waals surface area contributed by atoms with E-state index in [1.807, 2.05) is 17.1 Å². The van der Waals surface area contributed by atoms with Crippen molar-refractivity contribution in [1.29, 1.82) is 0 Å². The van der Waals surface area contributed by atoms with Gasteiger partial charge in [0.05, 0.1) is 18.5 Å². The lowest BCUT2D eigenvalue weighted by atomic mass is 10.2. The van der Waals surface area contributed by atoms with Crippen LogP contribution in [-0.4, -0.2) is 52.8 Å². The second-order valence-corrected chi connectivity index (χ2v) is 7.04. The van der Waals surface area contributed by atoms with Crippen molar-refractivity contribution in [3.63, 3.8) is 0 Å². The molecule has 1 fully saturated rings. The van der Waals surface area contributed by atoms with Gasteiger partial charge in [-0.25, -0.2) is 4.98 Å². The average Bonchev–Trinajstić information content (AvgIpc) is 3.12. The molecule has 1 N–H and O–H groups in total. The van der Waals surface area contributed by atoms with E-state index in [4.69, 9.17) is 4.74 Å². The third kappa shape index (κ3) is 5.66. The number of ether oxygens (including phenoxy) is 1. The van der Waals surface area contributed by atoms with Gasteiger partial charge in [-0.05, 0) is 57.5 Å². The molecule has 2 heterocycles. The lowest BCUT2D eigenvalue weighted by molar-refractivity contribution is -0.0681. The first-order chi connectivity index (χ1) is 12.2. The van der Waals surface area contributed by atoms with E-state index < -0.39 is 0 Å². The van der Waals surface area contributed by atoms with Gasteiger partial charge < -0.3 is 14.6 Å². The normalized spacial score (nSPS) is 21.5. The molecule has 1 aliphatic rings. The topological polar surface area (TPSA) is 42.3 Å². The molecule has 5 nitrogen and oxygen atoms in total. The Hall–Kier alpha value is -1.69. The highest BCUT2D eigenvalue weighted by Gasteiger charge is 2.21. The molecule has 2 unspecified atom stereocenters.